The quantitative estimate of drug-likeness (QED) is 0.591. The molecule has 0 fully saturated rings. The van der Waals surface area contributed by atoms with E-state index < -0.39 is 0 Å². The van der Waals surface area contributed by atoms with Gasteiger partial charge in [-0.05, 0) is 37.7 Å². The van der Waals surface area contributed by atoms with E-state index in [1.807, 2.05) is 6.92 Å². The number of carbonyl (C=O) groups excluding carboxylic acids is 3. The molecule has 158 valence electrons. The van der Waals surface area contributed by atoms with Crippen molar-refractivity contribution in [1.29, 1.82) is 0 Å². The topological polar surface area (TPSA) is 105 Å². The second kappa shape index (κ2) is 8.83. The number of rotatable bonds is 7. The van der Waals surface area contributed by atoms with Crippen molar-refractivity contribution in [3.05, 3.63) is 46.4 Å². The lowest BCUT2D eigenvalue weighted by Crippen LogP contribution is -2.41. The molecular formula is C21H25N5O3S. The van der Waals surface area contributed by atoms with E-state index in [0.717, 1.165) is 36.1 Å². The van der Waals surface area contributed by atoms with Crippen LogP contribution in [0.2, 0.25) is 0 Å². The normalized spacial score (nSPS) is 17.0. The molecule has 4 rings (SSSR count). The number of hydrogen-bond acceptors (Lipinski definition) is 5. The Morgan fingerprint density at radius 1 is 1.33 bits per heavy atom. The highest BCUT2D eigenvalue weighted by Gasteiger charge is 2.30. The van der Waals surface area contributed by atoms with Crippen LogP contribution in [0.25, 0.3) is 0 Å². The van der Waals surface area contributed by atoms with Crippen molar-refractivity contribution < 1.29 is 14.4 Å². The lowest BCUT2D eigenvalue weighted by atomic mass is 9.91. The van der Waals surface area contributed by atoms with Crippen LogP contribution in [0.4, 0.5) is 9.80 Å². The monoisotopic (exact) mass is 427 g/mol. The molecule has 2 heterocycles. The summed E-state index contributed by atoms with van der Waals surface area (Å²) in [4.78, 5) is 42.6. The third-order valence-corrected chi connectivity index (χ3v) is 6.46. The minimum atomic E-state index is -0.237. The Morgan fingerprint density at radius 2 is 2.17 bits per heavy atom. The summed E-state index contributed by atoms with van der Waals surface area (Å²) < 4.78 is 1.40. The highest BCUT2D eigenvalue weighted by atomic mass is 32.1. The highest BCUT2D eigenvalue weighted by Crippen LogP contribution is 2.38. The Bertz CT molecular complexity index is 993. The molecule has 9 heteroatoms. The largest absolute Gasteiger partial charge is 0.348 e. The summed E-state index contributed by atoms with van der Waals surface area (Å²) in [5, 5.41) is 9.54. The first-order valence-corrected chi connectivity index (χ1v) is 11.1. The van der Waals surface area contributed by atoms with Crippen molar-refractivity contribution in [2.24, 2.45) is 0 Å². The number of aromatic nitrogens is 2. The van der Waals surface area contributed by atoms with E-state index in [0.29, 0.717) is 30.0 Å². The van der Waals surface area contributed by atoms with Gasteiger partial charge in [-0.1, -0.05) is 18.6 Å². The van der Waals surface area contributed by atoms with E-state index >= 15 is 0 Å². The maximum atomic E-state index is 13.0. The number of allylic oxidation sites excluding steroid dienone is 1. The summed E-state index contributed by atoms with van der Waals surface area (Å²) in [5.41, 5.74) is 2.69. The summed E-state index contributed by atoms with van der Waals surface area (Å²) in [7, 11) is 0. The maximum Gasteiger partial charge on any atom is 0.327 e. The zero-order valence-electron chi connectivity index (χ0n) is 16.9. The number of fused-ring (bicyclic) bond motifs is 1. The first kappa shape index (κ1) is 20.3. The number of nitrogens with one attached hydrogen (secondary N) is 3. The Hall–Kier alpha value is -2.94. The molecule has 0 aliphatic heterocycles. The van der Waals surface area contributed by atoms with Gasteiger partial charge >= 0.3 is 6.03 Å². The number of anilines is 1. The Labute approximate surface area is 178 Å². The van der Waals surface area contributed by atoms with E-state index in [9.17, 15) is 14.4 Å². The standard InChI is InChI=1S/C21H25N5O3S/c1-2-3-17(27)25-20-18(19(28)23-11-13-4-5-13)15-10-14(6-7-16(15)30-20)24-21(29)26-9-8-22-12-26/h4,8-9,12,14H,2-3,5-7,10-11H2,1H3,(H,23,28)(H,24,29)(H,25,27). The second-order valence-corrected chi connectivity index (χ2v) is 8.72. The number of aryl methyl sites for hydroxylation is 1. The zero-order chi connectivity index (χ0) is 21.1. The van der Waals surface area contributed by atoms with Crippen LogP contribution in [0.5, 0.6) is 0 Å². The van der Waals surface area contributed by atoms with Gasteiger partial charge in [-0.2, -0.15) is 0 Å². The molecule has 0 bridgehead atoms. The van der Waals surface area contributed by atoms with Gasteiger partial charge in [0.2, 0.25) is 5.91 Å². The third kappa shape index (κ3) is 4.62. The fourth-order valence-corrected chi connectivity index (χ4v) is 4.84. The lowest BCUT2D eigenvalue weighted by Gasteiger charge is -2.24. The minimum Gasteiger partial charge on any atom is -0.348 e. The number of imidazole rings is 1. The van der Waals surface area contributed by atoms with Crippen LogP contribution >= 0.6 is 11.3 Å². The number of nitrogens with zero attached hydrogens (tertiary/aromatic N) is 2. The number of carbonyl (C=O) groups is 3. The predicted molar refractivity (Wildman–Crippen MR) is 115 cm³/mol. The van der Waals surface area contributed by atoms with Crippen LogP contribution in [0.1, 0.15) is 53.4 Å². The molecule has 2 aromatic heterocycles. The maximum absolute atomic E-state index is 13.0. The van der Waals surface area contributed by atoms with Crippen LogP contribution < -0.4 is 16.0 Å². The van der Waals surface area contributed by atoms with Crippen molar-refractivity contribution in [3.8, 4) is 0 Å². The SMILES string of the molecule is CCCC(=O)Nc1sc2c(c1C(=O)NCC1=CC1)CC(NC(=O)n1ccnc1)CC2. The average Bonchev–Trinajstić information content (AvgIpc) is 3.24. The van der Waals surface area contributed by atoms with E-state index in [1.165, 1.54) is 27.8 Å². The number of thiophene rings is 1. The van der Waals surface area contributed by atoms with Gasteiger partial charge in [-0.15, -0.1) is 11.3 Å². The molecule has 0 aromatic carbocycles. The third-order valence-electron chi connectivity index (χ3n) is 5.25. The molecule has 1 atom stereocenters. The molecule has 0 saturated carbocycles. The van der Waals surface area contributed by atoms with Gasteiger partial charge in [-0.3, -0.25) is 14.2 Å². The van der Waals surface area contributed by atoms with E-state index in [4.69, 9.17) is 0 Å². The van der Waals surface area contributed by atoms with Crippen molar-refractivity contribution in [2.75, 3.05) is 11.9 Å². The van der Waals surface area contributed by atoms with Crippen LogP contribution in [-0.4, -0.2) is 40.0 Å². The summed E-state index contributed by atoms with van der Waals surface area (Å²) in [5.74, 6) is -0.256. The van der Waals surface area contributed by atoms with Gasteiger partial charge in [0.25, 0.3) is 5.91 Å². The second-order valence-electron chi connectivity index (χ2n) is 7.61. The first-order valence-electron chi connectivity index (χ1n) is 10.2. The van der Waals surface area contributed by atoms with Gasteiger partial charge in [0.1, 0.15) is 11.3 Å². The zero-order valence-corrected chi connectivity index (χ0v) is 17.7. The van der Waals surface area contributed by atoms with Gasteiger partial charge < -0.3 is 16.0 Å². The molecule has 30 heavy (non-hydrogen) atoms. The number of hydrogen-bond donors (Lipinski definition) is 3. The predicted octanol–water partition coefficient (Wildman–Crippen LogP) is 2.86. The van der Waals surface area contributed by atoms with Gasteiger partial charge in [0.15, 0.2) is 0 Å². The fraction of sp³-hybridized carbons (Fsp3) is 0.429. The summed E-state index contributed by atoms with van der Waals surface area (Å²) in [6.07, 6.45) is 10.9. The molecule has 0 saturated heterocycles. The molecule has 1 unspecified atom stereocenters. The Morgan fingerprint density at radius 3 is 2.87 bits per heavy atom. The van der Waals surface area contributed by atoms with Crippen molar-refractivity contribution in [2.45, 2.75) is 51.5 Å². The molecule has 2 aromatic rings. The molecule has 8 nitrogen and oxygen atoms in total. The Balaban J connectivity index is 1.54. The summed E-state index contributed by atoms with van der Waals surface area (Å²) in [6.45, 7) is 2.48. The molecule has 3 N–H and O–H groups in total. The molecular weight excluding hydrogens is 402 g/mol. The smallest absolute Gasteiger partial charge is 0.327 e. The van der Waals surface area contributed by atoms with E-state index in [-0.39, 0.29) is 23.9 Å². The fourth-order valence-electron chi connectivity index (χ4n) is 3.58. The van der Waals surface area contributed by atoms with Gasteiger partial charge in [-0.25, -0.2) is 9.78 Å². The molecule has 0 radical (unpaired) electrons. The molecule has 2 aliphatic carbocycles. The minimum absolute atomic E-state index is 0.0833. The molecule has 2 aliphatic rings. The lowest BCUT2D eigenvalue weighted by molar-refractivity contribution is -0.116. The van der Waals surface area contributed by atoms with Crippen molar-refractivity contribution >= 4 is 34.2 Å². The first-order chi connectivity index (χ1) is 14.5. The van der Waals surface area contributed by atoms with Crippen molar-refractivity contribution in [1.82, 2.24) is 20.2 Å². The van der Waals surface area contributed by atoms with Crippen LogP contribution in [0.3, 0.4) is 0 Å². The van der Waals surface area contributed by atoms with E-state index in [1.54, 1.807) is 12.4 Å². The molecule has 3 amide bonds. The summed E-state index contributed by atoms with van der Waals surface area (Å²) >= 11 is 1.48. The van der Waals surface area contributed by atoms with Crippen molar-refractivity contribution in [3.63, 3.8) is 0 Å². The van der Waals surface area contributed by atoms with Crippen LogP contribution in [0, 0.1) is 0 Å². The molecule has 0 spiro atoms. The van der Waals surface area contributed by atoms with Gasteiger partial charge in [0.05, 0.1) is 5.56 Å². The summed E-state index contributed by atoms with van der Waals surface area (Å²) in [6, 6.07) is -0.321. The van der Waals surface area contributed by atoms with Crippen LogP contribution in [-0.2, 0) is 17.6 Å². The average molecular weight is 428 g/mol. The Kier molecular flexibility index (Phi) is 5.98. The number of amides is 3. The highest BCUT2D eigenvalue weighted by molar-refractivity contribution is 7.17. The van der Waals surface area contributed by atoms with E-state index in [2.05, 4.69) is 27.0 Å². The van der Waals surface area contributed by atoms with Crippen LogP contribution in [0.15, 0.2) is 30.4 Å². The van der Waals surface area contributed by atoms with Gasteiger partial charge in [0, 0.05) is 36.3 Å².